The number of halogens is 1. The van der Waals surface area contributed by atoms with Crippen LogP contribution in [0.25, 0.3) is 11.2 Å². The Morgan fingerprint density at radius 2 is 1.96 bits per heavy atom. The molecule has 23 heavy (non-hydrogen) atoms. The van der Waals surface area contributed by atoms with E-state index in [2.05, 4.69) is 20.3 Å². The van der Waals surface area contributed by atoms with Gasteiger partial charge in [0, 0.05) is 36.8 Å². The van der Waals surface area contributed by atoms with Crippen molar-refractivity contribution in [1.29, 1.82) is 0 Å². The van der Waals surface area contributed by atoms with Crippen molar-refractivity contribution in [3.8, 4) is 0 Å². The van der Waals surface area contributed by atoms with Crippen LogP contribution in [-0.2, 0) is 6.42 Å². The minimum atomic E-state index is 0.466. The van der Waals surface area contributed by atoms with Crippen molar-refractivity contribution in [3.63, 3.8) is 0 Å². The summed E-state index contributed by atoms with van der Waals surface area (Å²) in [6.07, 6.45) is 2.41. The maximum absolute atomic E-state index is 5.95. The molecule has 0 atom stereocenters. The number of hydrogen-bond donors (Lipinski definition) is 0. The molecule has 0 aliphatic carbocycles. The molecule has 0 saturated carbocycles. The topological polar surface area (TPSA) is 67.4 Å². The van der Waals surface area contributed by atoms with E-state index in [1.54, 1.807) is 6.34 Å². The third-order valence-corrected chi connectivity index (χ3v) is 3.66. The van der Waals surface area contributed by atoms with Crippen molar-refractivity contribution >= 4 is 34.8 Å². The van der Waals surface area contributed by atoms with Crippen LogP contribution < -0.4 is 0 Å². The van der Waals surface area contributed by atoms with Gasteiger partial charge in [-0.15, -0.1) is 0 Å². The molecule has 0 N–H and O–H groups in total. The first kappa shape index (κ1) is 15.4. The van der Waals surface area contributed by atoms with Gasteiger partial charge in [-0.1, -0.05) is 23.7 Å². The fourth-order valence-corrected chi connectivity index (χ4v) is 2.40. The summed E-state index contributed by atoms with van der Waals surface area (Å²) in [4.78, 5) is 10.9. The summed E-state index contributed by atoms with van der Waals surface area (Å²) in [7, 11) is 3.82. The number of aromatic nitrogens is 3. The van der Waals surface area contributed by atoms with Crippen molar-refractivity contribution < 1.29 is 4.63 Å². The lowest BCUT2D eigenvalue weighted by molar-refractivity contribution is 0.315. The first-order valence-corrected chi connectivity index (χ1v) is 7.49. The third-order valence-electron chi connectivity index (χ3n) is 3.40. The molecule has 3 aromatic rings. The van der Waals surface area contributed by atoms with E-state index in [0.717, 1.165) is 22.5 Å². The van der Waals surface area contributed by atoms with E-state index in [4.69, 9.17) is 16.2 Å². The number of fused-ring (bicyclic) bond motifs is 1. The maximum atomic E-state index is 5.95. The second-order valence-electron chi connectivity index (χ2n) is 5.47. The first-order valence-electron chi connectivity index (χ1n) is 7.11. The van der Waals surface area contributed by atoms with Crippen LogP contribution in [0.4, 0.5) is 5.69 Å². The summed E-state index contributed by atoms with van der Waals surface area (Å²) in [6.45, 7) is 1.94. The fourth-order valence-electron chi connectivity index (χ4n) is 2.28. The molecule has 0 spiro atoms. The molecule has 2 heterocycles. The maximum Gasteiger partial charge on any atom is 0.226 e. The molecule has 1 aromatic carbocycles. The molecule has 7 heteroatoms. The minimum absolute atomic E-state index is 0.466. The van der Waals surface area contributed by atoms with Gasteiger partial charge < -0.3 is 4.90 Å². The van der Waals surface area contributed by atoms with Crippen molar-refractivity contribution in [1.82, 2.24) is 20.2 Å². The van der Waals surface area contributed by atoms with Crippen LogP contribution in [0.2, 0.25) is 5.02 Å². The van der Waals surface area contributed by atoms with Gasteiger partial charge >= 0.3 is 0 Å². The molecular weight excluding hydrogens is 314 g/mol. The van der Waals surface area contributed by atoms with Gasteiger partial charge in [0.15, 0.2) is 5.52 Å². The normalized spacial score (nSPS) is 11.5. The zero-order valence-corrected chi connectivity index (χ0v) is 13.9. The van der Waals surface area contributed by atoms with E-state index in [1.807, 2.05) is 50.2 Å². The van der Waals surface area contributed by atoms with Crippen LogP contribution in [-0.4, -0.2) is 40.6 Å². The highest BCUT2D eigenvalue weighted by atomic mass is 35.5. The van der Waals surface area contributed by atoms with Crippen LogP contribution in [0.5, 0.6) is 0 Å². The van der Waals surface area contributed by atoms with Gasteiger partial charge in [-0.2, -0.15) is 0 Å². The molecule has 0 aliphatic rings. The lowest BCUT2D eigenvalue weighted by atomic mass is 10.0. The summed E-state index contributed by atoms with van der Waals surface area (Å²) < 4.78 is 4.82. The van der Waals surface area contributed by atoms with Gasteiger partial charge in [0.05, 0.1) is 6.34 Å². The Hall–Kier alpha value is -2.47. The molecule has 2 aromatic heterocycles. The van der Waals surface area contributed by atoms with Crippen LogP contribution in [0.3, 0.4) is 0 Å². The molecule has 0 bridgehead atoms. The standard InChI is InChI=1S/C16H16ClN5O/c1-10-13(8-11-4-6-12(17)7-5-11)14(18-9-22(2)3)15-16(19-10)21-23-20-15/h4-7,9H,8H2,1-3H3/b18-9+. The Morgan fingerprint density at radius 1 is 1.22 bits per heavy atom. The summed E-state index contributed by atoms with van der Waals surface area (Å²) in [6, 6.07) is 7.73. The van der Waals surface area contributed by atoms with Crippen LogP contribution in [0.15, 0.2) is 33.9 Å². The smallest absolute Gasteiger partial charge is 0.226 e. The predicted molar refractivity (Wildman–Crippen MR) is 90.4 cm³/mol. The van der Waals surface area contributed by atoms with E-state index < -0.39 is 0 Å². The second-order valence-corrected chi connectivity index (χ2v) is 5.91. The van der Waals surface area contributed by atoms with Gasteiger partial charge in [-0.3, -0.25) is 0 Å². The van der Waals surface area contributed by atoms with E-state index in [1.165, 1.54) is 0 Å². The van der Waals surface area contributed by atoms with Crippen molar-refractivity contribution in [2.75, 3.05) is 14.1 Å². The summed E-state index contributed by atoms with van der Waals surface area (Å²) in [5, 5.41) is 8.49. The second kappa shape index (κ2) is 6.34. The molecule has 6 nitrogen and oxygen atoms in total. The van der Waals surface area contributed by atoms with Crippen LogP contribution >= 0.6 is 11.6 Å². The van der Waals surface area contributed by atoms with Crippen LogP contribution in [0, 0.1) is 6.92 Å². The van der Waals surface area contributed by atoms with Crippen molar-refractivity contribution in [3.05, 3.63) is 46.1 Å². The lowest BCUT2D eigenvalue weighted by Gasteiger charge is -2.10. The van der Waals surface area contributed by atoms with Gasteiger partial charge in [0.1, 0.15) is 5.69 Å². The Bertz CT molecular complexity index is 855. The Kier molecular flexibility index (Phi) is 4.25. The number of pyridine rings is 1. The molecule has 0 fully saturated rings. The van der Waals surface area contributed by atoms with Gasteiger partial charge in [-0.25, -0.2) is 14.6 Å². The molecule has 3 rings (SSSR count). The SMILES string of the molecule is Cc1nc2nonc2c(/N=C/N(C)C)c1Cc1ccc(Cl)cc1. The average molecular weight is 330 g/mol. The largest absolute Gasteiger partial charge is 0.369 e. The number of rotatable bonds is 4. The van der Waals surface area contributed by atoms with Gasteiger partial charge in [0.25, 0.3) is 0 Å². The molecule has 0 amide bonds. The average Bonchev–Trinajstić information content (AvgIpc) is 2.96. The number of nitrogens with zero attached hydrogens (tertiary/aromatic N) is 5. The van der Waals surface area contributed by atoms with E-state index >= 15 is 0 Å². The van der Waals surface area contributed by atoms with Gasteiger partial charge in [0.2, 0.25) is 5.65 Å². The van der Waals surface area contributed by atoms with Crippen LogP contribution in [0.1, 0.15) is 16.8 Å². The number of aliphatic imine (C=N–C) groups is 1. The Labute approximate surface area is 138 Å². The summed E-state index contributed by atoms with van der Waals surface area (Å²) in [5.41, 5.74) is 4.74. The highest BCUT2D eigenvalue weighted by Gasteiger charge is 2.16. The van der Waals surface area contributed by atoms with Crippen molar-refractivity contribution in [2.45, 2.75) is 13.3 Å². The summed E-state index contributed by atoms with van der Waals surface area (Å²) >= 11 is 5.95. The molecule has 0 aliphatic heterocycles. The zero-order chi connectivity index (χ0) is 16.4. The number of hydrogen-bond acceptors (Lipinski definition) is 5. The lowest BCUT2D eigenvalue weighted by Crippen LogP contribution is -2.07. The van der Waals surface area contributed by atoms with E-state index in [0.29, 0.717) is 22.6 Å². The predicted octanol–water partition coefficient (Wildman–Crippen LogP) is 3.39. The Balaban J connectivity index is 2.11. The summed E-state index contributed by atoms with van der Waals surface area (Å²) in [5.74, 6) is 0. The zero-order valence-electron chi connectivity index (χ0n) is 13.1. The Morgan fingerprint density at radius 3 is 2.65 bits per heavy atom. The highest BCUT2D eigenvalue weighted by Crippen LogP contribution is 2.31. The number of aryl methyl sites for hydroxylation is 1. The highest BCUT2D eigenvalue weighted by molar-refractivity contribution is 6.30. The van der Waals surface area contributed by atoms with Crippen molar-refractivity contribution in [2.24, 2.45) is 4.99 Å². The molecular formula is C16H16ClN5O. The molecule has 0 radical (unpaired) electrons. The molecule has 0 saturated heterocycles. The van der Waals surface area contributed by atoms with E-state index in [9.17, 15) is 0 Å². The van der Waals surface area contributed by atoms with E-state index in [-0.39, 0.29) is 0 Å². The van der Waals surface area contributed by atoms with Gasteiger partial charge in [-0.05, 0) is 34.9 Å². The fraction of sp³-hybridized carbons (Fsp3) is 0.250. The molecule has 118 valence electrons. The monoisotopic (exact) mass is 329 g/mol. The quantitative estimate of drug-likeness (QED) is 0.542. The number of benzene rings is 1. The molecule has 0 unspecified atom stereocenters. The first-order chi connectivity index (χ1) is 11.0. The minimum Gasteiger partial charge on any atom is -0.369 e. The third kappa shape index (κ3) is 3.32.